The highest BCUT2D eigenvalue weighted by atomic mass is 15.5. The number of hydrazone groups is 1. The van der Waals surface area contributed by atoms with Crippen molar-refractivity contribution in [2.45, 2.75) is 20.0 Å². The molecule has 1 N–H and O–H groups in total. The maximum absolute atomic E-state index is 4.01. The molecule has 2 rings (SSSR count). The predicted octanol–water partition coefficient (Wildman–Crippen LogP) is 1.69. The van der Waals surface area contributed by atoms with Crippen LogP contribution in [0.3, 0.4) is 0 Å². The molecular weight excluding hydrogens is 162 g/mol. The smallest absolute Gasteiger partial charge is 0.118 e. The van der Waals surface area contributed by atoms with Crippen LogP contribution < -0.4 is 10.3 Å². The Morgan fingerprint density at radius 2 is 2.15 bits per heavy atom. The van der Waals surface area contributed by atoms with Gasteiger partial charge in [0.15, 0.2) is 0 Å². The molecule has 0 aromatic heterocycles. The van der Waals surface area contributed by atoms with Crippen LogP contribution in [0.2, 0.25) is 0 Å². The van der Waals surface area contributed by atoms with E-state index in [9.17, 15) is 0 Å². The van der Waals surface area contributed by atoms with Crippen molar-refractivity contribution in [2.75, 3.05) is 4.90 Å². The summed E-state index contributed by atoms with van der Waals surface area (Å²) in [7, 11) is 0. The van der Waals surface area contributed by atoms with E-state index in [0.717, 1.165) is 0 Å². The van der Waals surface area contributed by atoms with Gasteiger partial charge >= 0.3 is 0 Å². The molecule has 1 aromatic rings. The van der Waals surface area contributed by atoms with Crippen molar-refractivity contribution in [3.63, 3.8) is 0 Å². The Balaban J connectivity index is 2.35. The van der Waals surface area contributed by atoms with Crippen LogP contribution in [0.5, 0.6) is 0 Å². The van der Waals surface area contributed by atoms with Gasteiger partial charge in [-0.15, -0.1) is 0 Å². The van der Waals surface area contributed by atoms with Gasteiger partial charge in [-0.05, 0) is 25.5 Å². The highest BCUT2D eigenvalue weighted by molar-refractivity contribution is 5.82. The zero-order valence-corrected chi connectivity index (χ0v) is 7.86. The maximum Gasteiger partial charge on any atom is 0.118 e. The molecule has 1 aliphatic rings. The van der Waals surface area contributed by atoms with E-state index in [4.69, 9.17) is 0 Å². The van der Waals surface area contributed by atoms with Crippen LogP contribution in [0.25, 0.3) is 0 Å². The van der Waals surface area contributed by atoms with Crippen LogP contribution in [0.1, 0.15) is 12.5 Å². The van der Waals surface area contributed by atoms with Crippen molar-refractivity contribution < 1.29 is 0 Å². The van der Waals surface area contributed by atoms with Gasteiger partial charge in [-0.2, -0.15) is 5.10 Å². The molecule has 0 radical (unpaired) electrons. The summed E-state index contributed by atoms with van der Waals surface area (Å²) < 4.78 is 0. The molecule has 1 aliphatic heterocycles. The summed E-state index contributed by atoms with van der Waals surface area (Å²) in [4.78, 5) is 2.12. The number of aryl methyl sites for hydroxylation is 1. The molecule has 0 saturated heterocycles. The molecule has 0 aliphatic carbocycles. The molecule has 0 unspecified atom stereocenters. The van der Waals surface area contributed by atoms with E-state index in [1.165, 1.54) is 11.3 Å². The van der Waals surface area contributed by atoms with Gasteiger partial charge in [-0.1, -0.05) is 18.2 Å². The van der Waals surface area contributed by atoms with Crippen LogP contribution in [-0.2, 0) is 0 Å². The first kappa shape index (κ1) is 8.10. The fourth-order valence-corrected chi connectivity index (χ4v) is 1.49. The number of nitrogens with zero attached hydrogens (tertiary/aromatic N) is 2. The Hall–Kier alpha value is -1.51. The minimum atomic E-state index is 0.251. The van der Waals surface area contributed by atoms with Crippen molar-refractivity contribution in [3.8, 4) is 0 Å². The fraction of sp³-hybridized carbons (Fsp3) is 0.300. The van der Waals surface area contributed by atoms with E-state index >= 15 is 0 Å². The molecule has 13 heavy (non-hydrogen) atoms. The predicted molar refractivity (Wildman–Crippen MR) is 54.7 cm³/mol. The Kier molecular flexibility index (Phi) is 1.93. The Morgan fingerprint density at radius 1 is 1.38 bits per heavy atom. The molecule has 1 aromatic carbocycles. The average Bonchev–Trinajstić information content (AvgIpc) is 2.52. The topological polar surface area (TPSA) is 27.6 Å². The van der Waals surface area contributed by atoms with Crippen LogP contribution in [-0.4, -0.2) is 12.5 Å². The van der Waals surface area contributed by atoms with E-state index in [-0.39, 0.29) is 6.17 Å². The zero-order chi connectivity index (χ0) is 9.26. The Bertz CT molecular complexity index is 333. The van der Waals surface area contributed by atoms with E-state index in [1.54, 1.807) is 0 Å². The highest BCUT2D eigenvalue weighted by Gasteiger charge is 2.17. The Labute approximate surface area is 78.1 Å². The Morgan fingerprint density at radius 3 is 2.77 bits per heavy atom. The standard InChI is InChI=1S/C10H13N3/c1-8-5-3-4-6-10(8)13-7-11-12-9(13)2/h3-7,9,12H,1-2H3/t9-/m0/s1. The lowest BCUT2D eigenvalue weighted by molar-refractivity contribution is 0.632. The molecule has 1 atom stereocenters. The third-order valence-corrected chi connectivity index (χ3v) is 2.25. The largest absolute Gasteiger partial charge is 0.309 e. The third kappa shape index (κ3) is 1.37. The van der Waals surface area contributed by atoms with Gasteiger partial charge in [0.1, 0.15) is 12.5 Å². The second-order valence-corrected chi connectivity index (χ2v) is 3.24. The first-order valence-corrected chi connectivity index (χ1v) is 4.42. The molecule has 1 heterocycles. The van der Waals surface area contributed by atoms with E-state index in [1.807, 2.05) is 18.5 Å². The van der Waals surface area contributed by atoms with Crippen LogP contribution in [0, 0.1) is 6.92 Å². The maximum atomic E-state index is 4.01. The van der Waals surface area contributed by atoms with Crippen molar-refractivity contribution >= 4 is 12.0 Å². The van der Waals surface area contributed by atoms with Crippen molar-refractivity contribution in [2.24, 2.45) is 5.10 Å². The number of hydrogen-bond donors (Lipinski definition) is 1. The number of hydrogen-bond acceptors (Lipinski definition) is 3. The molecule has 3 heteroatoms. The second kappa shape index (κ2) is 3.09. The third-order valence-electron chi connectivity index (χ3n) is 2.25. The summed E-state index contributed by atoms with van der Waals surface area (Å²) in [5.41, 5.74) is 5.47. The van der Waals surface area contributed by atoms with E-state index < -0.39 is 0 Å². The number of benzene rings is 1. The first-order chi connectivity index (χ1) is 6.29. The summed E-state index contributed by atoms with van der Waals surface area (Å²) in [6, 6.07) is 8.30. The lowest BCUT2D eigenvalue weighted by Gasteiger charge is -2.21. The fourth-order valence-electron chi connectivity index (χ4n) is 1.49. The minimum absolute atomic E-state index is 0.251. The van der Waals surface area contributed by atoms with Gasteiger partial charge in [-0.3, -0.25) is 5.43 Å². The lowest BCUT2D eigenvalue weighted by atomic mass is 10.2. The lowest BCUT2D eigenvalue weighted by Crippen LogP contribution is -2.34. The van der Waals surface area contributed by atoms with Gasteiger partial charge in [0.25, 0.3) is 0 Å². The van der Waals surface area contributed by atoms with Crippen molar-refractivity contribution in [1.29, 1.82) is 0 Å². The molecule has 3 nitrogen and oxygen atoms in total. The molecule has 0 fully saturated rings. The summed E-state index contributed by atoms with van der Waals surface area (Å²) in [6.45, 7) is 4.19. The average molecular weight is 175 g/mol. The number of anilines is 1. The summed E-state index contributed by atoms with van der Waals surface area (Å²) >= 11 is 0. The van der Waals surface area contributed by atoms with Gasteiger partial charge in [-0.25, -0.2) is 0 Å². The molecule has 0 bridgehead atoms. The molecular formula is C10H13N3. The number of para-hydroxylation sites is 1. The number of nitrogens with one attached hydrogen (secondary N) is 1. The van der Waals surface area contributed by atoms with Gasteiger partial charge in [0.2, 0.25) is 0 Å². The van der Waals surface area contributed by atoms with Crippen molar-refractivity contribution in [3.05, 3.63) is 29.8 Å². The minimum Gasteiger partial charge on any atom is -0.309 e. The van der Waals surface area contributed by atoms with Gasteiger partial charge in [0.05, 0.1) is 0 Å². The van der Waals surface area contributed by atoms with Crippen LogP contribution in [0.15, 0.2) is 29.4 Å². The monoisotopic (exact) mass is 175 g/mol. The molecule has 68 valence electrons. The van der Waals surface area contributed by atoms with Crippen molar-refractivity contribution in [1.82, 2.24) is 5.43 Å². The second-order valence-electron chi connectivity index (χ2n) is 3.24. The van der Waals surface area contributed by atoms with E-state index in [2.05, 4.69) is 41.4 Å². The summed E-state index contributed by atoms with van der Waals surface area (Å²) in [5, 5.41) is 4.01. The molecule has 0 saturated carbocycles. The zero-order valence-electron chi connectivity index (χ0n) is 7.86. The summed E-state index contributed by atoms with van der Waals surface area (Å²) in [5.74, 6) is 0. The van der Waals surface area contributed by atoms with E-state index in [0.29, 0.717) is 0 Å². The van der Waals surface area contributed by atoms with Crippen LogP contribution in [0.4, 0.5) is 5.69 Å². The SMILES string of the molecule is Cc1ccccc1N1C=NN[C@@H]1C. The molecule has 0 spiro atoms. The van der Waals surface area contributed by atoms with Crippen LogP contribution >= 0.6 is 0 Å². The quantitative estimate of drug-likeness (QED) is 0.703. The highest BCUT2D eigenvalue weighted by Crippen LogP contribution is 2.20. The van der Waals surface area contributed by atoms with Gasteiger partial charge in [0, 0.05) is 5.69 Å². The summed E-state index contributed by atoms with van der Waals surface area (Å²) in [6.07, 6.45) is 2.08. The number of rotatable bonds is 1. The normalized spacial score (nSPS) is 20.5. The van der Waals surface area contributed by atoms with Gasteiger partial charge < -0.3 is 4.90 Å². The molecule has 0 amide bonds. The first-order valence-electron chi connectivity index (χ1n) is 4.42.